The maximum atomic E-state index is 8.96. The van der Waals surface area contributed by atoms with Crippen LogP contribution in [0.25, 0.3) is 0 Å². The van der Waals surface area contributed by atoms with Crippen molar-refractivity contribution < 1.29 is 5.11 Å². The summed E-state index contributed by atoms with van der Waals surface area (Å²) in [7, 11) is 0. The molecule has 1 rings (SSSR count). The average Bonchev–Trinajstić information content (AvgIpc) is 1.99. The van der Waals surface area contributed by atoms with E-state index in [4.69, 9.17) is 5.11 Å². The number of β-amino-alcohol motifs (C(OH)–C–C–N with tert-alkyl or cyclic N) is 1. The maximum absolute atomic E-state index is 8.96. The van der Waals surface area contributed by atoms with Gasteiger partial charge in [-0.05, 0) is 27.7 Å². The van der Waals surface area contributed by atoms with Crippen molar-refractivity contribution in [1.29, 1.82) is 0 Å². The number of nitrogens with zero attached hydrogens (tertiary/aromatic N) is 1. The van der Waals surface area contributed by atoms with Crippen LogP contribution in [0, 0.1) is 0 Å². The molecule has 0 aromatic carbocycles. The van der Waals surface area contributed by atoms with Gasteiger partial charge in [-0.25, -0.2) is 0 Å². The van der Waals surface area contributed by atoms with E-state index in [9.17, 15) is 0 Å². The Morgan fingerprint density at radius 3 is 2.46 bits per heavy atom. The molecule has 0 aromatic heterocycles. The van der Waals surface area contributed by atoms with E-state index in [1.807, 2.05) is 0 Å². The molecule has 0 radical (unpaired) electrons. The summed E-state index contributed by atoms with van der Waals surface area (Å²) in [5.41, 5.74) is 0.336. The fourth-order valence-corrected chi connectivity index (χ4v) is 1.82. The van der Waals surface area contributed by atoms with Crippen molar-refractivity contribution in [2.24, 2.45) is 0 Å². The minimum Gasteiger partial charge on any atom is -0.395 e. The van der Waals surface area contributed by atoms with Crippen LogP contribution in [0.2, 0.25) is 0 Å². The SMILES string of the molecule is CC1(C)CN(CCO)C(C)(C)CN1. The lowest BCUT2D eigenvalue weighted by Crippen LogP contribution is -2.66. The molecule has 0 aliphatic carbocycles. The van der Waals surface area contributed by atoms with Crippen LogP contribution in [-0.2, 0) is 0 Å². The van der Waals surface area contributed by atoms with Gasteiger partial charge < -0.3 is 10.4 Å². The number of hydrogen-bond donors (Lipinski definition) is 2. The van der Waals surface area contributed by atoms with Gasteiger partial charge in [0.05, 0.1) is 6.61 Å². The van der Waals surface area contributed by atoms with E-state index in [-0.39, 0.29) is 17.7 Å². The van der Waals surface area contributed by atoms with Gasteiger partial charge in [0, 0.05) is 30.7 Å². The molecule has 0 saturated carbocycles. The quantitative estimate of drug-likeness (QED) is 0.657. The van der Waals surface area contributed by atoms with Gasteiger partial charge in [0.1, 0.15) is 0 Å². The predicted octanol–water partition coefficient (Wildman–Crippen LogP) is 0.441. The van der Waals surface area contributed by atoms with Crippen LogP contribution in [-0.4, -0.2) is 47.3 Å². The first-order valence-electron chi connectivity index (χ1n) is 4.98. The molecule has 1 aliphatic rings. The molecular weight excluding hydrogens is 164 g/mol. The van der Waals surface area contributed by atoms with Crippen molar-refractivity contribution in [2.45, 2.75) is 38.8 Å². The number of nitrogens with one attached hydrogen (secondary N) is 1. The van der Waals surface area contributed by atoms with Crippen LogP contribution >= 0.6 is 0 Å². The Morgan fingerprint density at radius 1 is 1.31 bits per heavy atom. The zero-order valence-corrected chi connectivity index (χ0v) is 9.22. The van der Waals surface area contributed by atoms with Crippen LogP contribution in [0.1, 0.15) is 27.7 Å². The van der Waals surface area contributed by atoms with Gasteiger partial charge >= 0.3 is 0 Å². The molecule has 0 bridgehead atoms. The van der Waals surface area contributed by atoms with Crippen molar-refractivity contribution in [3.8, 4) is 0 Å². The third-order valence-corrected chi connectivity index (χ3v) is 2.81. The van der Waals surface area contributed by atoms with Crippen LogP contribution in [0.4, 0.5) is 0 Å². The molecule has 13 heavy (non-hydrogen) atoms. The van der Waals surface area contributed by atoms with E-state index in [2.05, 4.69) is 37.9 Å². The molecule has 0 unspecified atom stereocenters. The molecule has 0 atom stereocenters. The summed E-state index contributed by atoms with van der Waals surface area (Å²) in [5.74, 6) is 0. The molecule has 3 nitrogen and oxygen atoms in total. The highest BCUT2D eigenvalue weighted by molar-refractivity contribution is 4.97. The third-order valence-electron chi connectivity index (χ3n) is 2.81. The number of hydrogen-bond acceptors (Lipinski definition) is 3. The summed E-state index contributed by atoms with van der Waals surface area (Å²) < 4.78 is 0. The van der Waals surface area contributed by atoms with Gasteiger partial charge in [0.2, 0.25) is 0 Å². The Labute approximate surface area is 81.1 Å². The van der Waals surface area contributed by atoms with Crippen molar-refractivity contribution in [1.82, 2.24) is 10.2 Å². The molecule has 2 N–H and O–H groups in total. The minimum atomic E-state index is 0.165. The summed E-state index contributed by atoms with van der Waals surface area (Å²) in [6.45, 7) is 11.8. The normalized spacial score (nSPS) is 27.5. The molecule has 0 amide bonds. The minimum absolute atomic E-state index is 0.165. The van der Waals surface area contributed by atoms with Crippen molar-refractivity contribution in [2.75, 3.05) is 26.2 Å². The molecule has 0 aromatic rings. The molecule has 1 saturated heterocycles. The fraction of sp³-hybridized carbons (Fsp3) is 1.00. The first-order valence-corrected chi connectivity index (χ1v) is 4.98. The highest BCUT2D eigenvalue weighted by Crippen LogP contribution is 2.22. The largest absolute Gasteiger partial charge is 0.395 e. The van der Waals surface area contributed by atoms with Crippen molar-refractivity contribution in [3.63, 3.8) is 0 Å². The van der Waals surface area contributed by atoms with E-state index in [1.165, 1.54) is 0 Å². The lowest BCUT2D eigenvalue weighted by molar-refractivity contribution is 0.0262. The Hall–Kier alpha value is -0.120. The molecule has 1 aliphatic heterocycles. The monoisotopic (exact) mass is 186 g/mol. The van der Waals surface area contributed by atoms with Gasteiger partial charge in [-0.15, -0.1) is 0 Å². The summed E-state index contributed by atoms with van der Waals surface area (Å²) in [5, 5.41) is 12.5. The van der Waals surface area contributed by atoms with E-state index in [1.54, 1.807) is 0 Å². The lowest BCUT2D eigenvalue weighted by Gasteiger charge is -2.49. The Kier molecular flexibility index (Phi) is 3.00. The van der Waals surface area contributed by atoms with Crippen LogP contribution in [0.5, 0.6) is 0 Å². The number of rotatable bonds is 2. The second kappa shape index (κ2) is 3.56. The van der Waals surface area contributed by atoms with Crippen molar-refractivity contribution >= 4 is 0 Å². The van der Waals surface area contributed by atoms with Crippen LogP contribution in [0.3, 0.4) is 0 Å². The van der Waals surface area contributed by atoms with Crippen LogP contribution in [0.15, 0.2) is 0 Å². The summed E-state index contributed by atoms with van der Waals surface area (Å²) in [6.07, 6.45) is 0. The Bertz CT molecular complexity index is 178. The highest BCUT2D eigenvalue weighted by atomic mass is 16.3. The van der Waals surface area contributed by atoms with Gasteiger partial charge in [0.15, 0.2) is 0 Å². The first-order chi connectivity index (χ1) is 5.87. The van der Waals surface area contributed by atoms with E-state index < -0.39 is 0 Å². The van der Waals surface area contributed by atoms with E-state index >= 15 is 0 Å². The van der Waals surface area contributed by atoms with Crippen LogP contribution < -0.4 is 5.32 Å². The summed E-state index contributed by atoms with van der Waals surface area (Å²) in [6, 6.07) is 0. The Morgan fingerprint density at radius 2 is 1.92 bits per heavy atom. The molecule has 1 heterocycles. The second-order valence-electron chi connectivity index (χ2n) is 5.20. The van der Waals surface area contributed by atoms with Gasteiger partial charge in [-0.2, -0.15) is 0 Å². The standard InChI is InChI=1S/C10H22N2O/c1-9(2)8-12(5-6-13)10(3,4)7-11-9/h11,13H,5-8H2,1-4H3. The Balaban J connectivity index is 2.64. The van der Waals surface area contributed by atoms with E-state index in [0.717, 1.165) is 19.6 Å². The number of piperazine rings is 1. The van der Waals surface area contributed by atoms with E-state index in [0.29, 0.717) is 0 Å². The zero-order chi connectivity index (χ0) is 10.1. The molecule has 1 fully saturated rings. The molecule has 3 heteroatoms. The number of aliphatic hydroxyl groups excluding tert-OH is 1. The average molecular weight is 186 g/mol. The fourth-order valence-electron chi connectivity index (χ4n) is 1.82. The van der Waals surface area contributed by atoms with Gasteiger partial charge in [-0.1, -0.05) is 0 Å². The predicted molar refractivity (Wildman–Crippen MR) is 54.8 cm³/mol. The highest BCUT2D eigenvalue weighted by Gasteiger charge is 2.36. The van der Waals surface area contributed by atoms with Gasteiger partial charge in [-0.3, -0.25) is 4.90 Å². The smallest absolute Gasteiger partial charge is 0.0558 e. The van der Waals surface area contributed by atoms with Gasteiger partial charge in [0.25, 0.3) is 0 Å². The molecule has 78 valence electrons. The topological polar surface area (TPSA) is 35.5 Å². The molecule has 0 spiro atoms. The first kappa shape index (κ1) is 11.0. The zero-order valence-electron chi connectivity index (χ0n) is 9.22. The maximum Gasteiger partial charge on any atom is 0.0558 e. The molecular formula is C10H22N2O. The van der Waals surface area contributed by atoms with Crippen molar-refractivity contribution in [3.05, 3.63) is 0 Å². The third kappa shape index (κ3) is 2.66. The summed E-state index contributed by atoms with van der Waals surface area (Å²) >= 11 is 0. The summed E-state index contributed by atoms with van der Waals surface area (Å²) in [4.78, 5) is 2.35. The lowest BCUT2D eigenvalue weighted by atomic mass is 9.91. The second-order valence-corrected chi connectivity index (χ2v) is 5.20. The number of aliphatic hydroxyl groups is 1.